The third kappa shape index (κ3) is 3.95. The van der Waals surface area contributed by atoms with Gasteiger partial charge in [-0.3, -0.25) is 14.6 Å². The second-order valence-corrected chi connectivity index (χ2v) is 7.94. The highest BCUT2D eigenvalue weighted by molar-refractivity contribution is 6.46. The highest BCUT2D eigenvalue weighted by Crippen LogP contribution is 2.40. The minimum atomic E-state index is -0.893. The number of carbonyl (C=O) groups is 2. The number of aromatic nitrogens is 1. The highest BCUT2D eigenvalue weighted by Gasteiger charge is 2.47. The zero-order valence-corrected chi connectivity index (χ0v) is 18.5. The number of hydrogen-bond acceptors (Lipinski definition) is 5. The molecule has 1 fully saturated rings. The second-order valence-electron chi connectivity index (χ2n) is 7.12. The van der Waals surface area contributed by atoms with E-state index in [0.717, 1.165) is 0 Å². The van der Waals surface area contributed by atoms with Gasteiger partial charge in [0.25, 0.3) is 11.7 Å². The SMILES string of the molecule is COc1ccccc1CN1C(=O)C(=O)/C(=C(\O)c2ccc(Cl)c(Cl)c2)C1c1ccccn1. The summed E-state index contributed by atoms with van der Waals surface area (Å²) in [5.41, 5.74) is 1.37. The van der Waals surface area contributed by atoms with Gasteiger partial charge >= 0.3 is 0 Å². The number of ketones is 1. The first-order valence-corrected chi connectivity index (χ1v) is 10.4. The van der Waals surface area contributed by atoms with E-state index < -0.39 is 17.7 Å². The Morgan fingerprint density at radius 1 is 1.06 bits per heavy atom. The Kier molecular flexibility index (Phi) is 6.17. The van der Waals surface area contributed by atoms with Crippen LogP contribution in [0, 0.1) is 0 Å². The van der Waals surface area contributed by atoms with Crippen LogP contribution < -0.4 is 4.74 Å². The third-order valence-electron chi connectivity index (χ3n) is 5.23. The van der Waals surface area contributed by atoms with Gasteiger partial charge in [0.15, 0.2) is 0 Å². The lowest BCUT2D eigenvalue weighted by Gasteiger charge is -2.25. The van der Waals surface area contributed by atoms with Crippen molar-refractivity contribution < 1.29 is 19.4 Å². The zero-order valence-electron chi connectivity index (χ0n) is 17.0. The first-order chi connectivity index (χ1) is 15.4. The lowest BCUT2D eigenvalue weighted by atomic mass is 9.98. The van der Waals surface area contributed by atoms with Gasteiger partial charge in [-0.15, -0.1) is 0 Å². The van der Waals surface area contributed by atoms with Crippen molar-refractivity contribution >= 4 is 40.7 Å². The summed E-state index contributed by atoms with van der Waals surface area (Å²) in [5, 5.41) is 11.6. The van der Waals surface area contributed by atoms with E-state index in [2.05, 4.69) is 4.98 Å². The number of methoxy groups -OCH3 is 1. The van der Waals surface area contributed by atoms with Crippen molar-refractivity contribution in [3.05, 3.63) is 99.3 Å². The molecule has 1 aliphatic rings. The molecule has 1 aliphatic heterocycles. The zero-order chi connectivity index (χ0) is 22.8. The van der Waals surface area contributed by atoms with Gasteiger partial charge in [0.2, 0.25) is 0 Å². The smallest absolute Gasteiger partial charge is 0.296 e. The lowest BCUT2D eigenvalue weighted by molar-refractivity contribution is -0.140. The molecular formula is C24H18Cl2N2O4. The van der Waals surface area contributed by atoms with Crippen LogP contribution in [-0.4, -0.2) is 33.8 Å². The molecule has 0 bridgehead atoms. The summed E-state index contributed by atoms with van der Waals surface area (Å²) in [7, 11) is 1.54. The van der Waals surface area contributed by atoms with E-state index in [1.54, 1.807) is 30.5 Å². The summed E-state index contributed by atoms with van der Waals surface area (Å²) in [6, 6.07) is 16.0. The Labute approximate surface area is 194 Å². The summed E-state index contributed by atoms with van der Waals surface area (Å²) in [5.74, 6) is -1.31. The molecule has 1 aromatic heterocycles. The maximum absolute atomic E-state index is 13.1. The van der Waals surface area contributed by atoms with Gasteiger partial charge < -0.3 is 14.7 Å². The molecule has 1 amide bonds. The van der Waals surface area contributed by atoms with E-state index in [1.807, 2.05) is 18.2 Å². The summed E-state index contributed by atoms with van der Waals surface area (Å²) < 4.78 is 5.40. The number of hydrogen-bond donors (Lipinski definition) is 1. The topological polar surface area (TPSA) is 79.7 Å². The van der Waals surface area contributed by atoms with Gasteiger partial charge in [0.05, 0.1) is 35.0 Å². The number of halogens is 2. The monoisotopic (exact) mass is 468 g/mol. The Bertz CT molecular complexity index is 1230. The van der Waals surface area contributed by atoms with E-state index >= 15 is 0 Å². The Morgan fingerprint density at radius 3 is 2.50 bits per heavy atom. The predicted molar refractivity (Wildman–Crippen MR) is 122 cm³/mol. The average Bonchev–Trinajstić information content (AvgIpc) is 3.06. The molecule has 6 nitrogen and oxygen atoms in total. The second kappa shape index (κ2) is 9.02. The summed E-state index contributed by atoms with van der Waals surface area (Å²) >= 11 is 12.1. The molecular weight excluding hydrogens is 451 g/mol. The Morgan fingerprint density at radius 2 is 1.81 bits per heavy atom. The molecule has 0 aliphatic carbocycles. The number of pyridine rings is 1. The Hall–Kier alpha value is -3.35. The molecule has 1 unspecified atom stereocenters. The van der Waals surface area contributed by atoms with Gasteiger partial charge in [0.1, 0.15) is 17.6 Å². The van der Waals surface area contributed by atoms with E-state index in [4.69, 9.17) is 27.9 Å². The van der Waals surface area contributed by atoms with Crippen molar-refractivity contribution in [2.75, 3.05) is 7.11 Å². The van der Waals surface area contributed by atoms with Crippen LogP contribution >= 0.6 is 23.2 Å². The molecule has 162 valence electrons. The molecule has 2 aromatic carbocycles. The molecule has 1 atom stereocenters. The number of ether oxygens (including phenoxy) is 1. The molecule has 1 N–H and O–H groups in total. The first kappa shape index (κ1) is 21.9. The normalized spacial score (nSPS) is 17.6. The van der Waals surface area contributed by atoms with Crippen molar-refractivity contribution in [3.8, 4) is 5.75 Å². The lowest BCUT2D eigenvalue weighted by Crippen LogP contribution is -2.29. The maximum atomic E-state index is 13.1. The third-order valence-corrected chi connectivity index (χ3v) is 5.97. The quantitative estimate of drug-likeness (QED) is 0.323. The molecule has 0 radical (unpaired) electrons. The van der Waals surface area contributed by atoms with Crippen LogP contribution in [0.1, 0.15) is 22.9 Å². The van der Waals surface area contributed by atoms with Crippen LogP contribution in [0.5, 0.6) is 5.75 Å². The van der Waals surface area contributed by atoms with Gasteiger partial charge in [-0.25, -0.2) is 0 Å². The van der Waals surface area contributed by atoms with E-state index in [-0.39, 0.29) is 28.5 Å². The summed E-state index contributed by atoms with van der Waals surface area (Å²) in [6.45, 7) is 0.0913. The molecule has 8 heteroatoms. The van der Waals surface area contributed by atoms with E-state index in [1.165, 1.54) is 30.2 Å². The molecule has 32 heavy (non-hydrogen) atoms. The van der Waals surface area contributed by atoms with Crippen LogP contribution in [0.4, 0.5) is 0 Å². The number of likely N-dealkylation sites (tertiary alicyclic amines) is 1. The largest absolute Gasteiger partial charge is 0.507 e. The van der Waals surface area contributed by atoms with E-state index in [0.29, 0.717) is 22.0 Å². The van der Waals surface area contributed by atoms with Crippen molar-refractivity contribution in [2.24, 2.45) is 0 Å². The molecule has 1 saturated heterocycles. The summed E-state index contributed by atoms with van der Waals surface area (Å²) in [4.78, 5) is 31.9. The van der Waals surface area contributed by atoms with Crippen molar-refractivity contribution in [1.82, 2.24) is 9.88 Å². The first-order valence-electron chi connectivity index (χ1n) is 9.69. The number of nitrogens with zero attached hydrogens (tertiary/aromatic N) is 2. The number of aliphatic hydroxyl groups is 1. The average molecular weight is 469 g/mol. The van der Waals surface area contributed by atoms with Crippen molar-refractivity contribution in [3.63, 3.8) is 0 Å². The number of carbonyl (C=O) groups excluding carboxylic acids is 2. The maximum Gasteiger partial charge on any atom is 0.296 e. The molecule has 3 aromatic rings. The number of benzene rings is 2. The fourth-order valence-electron chi connectivity index (χ4n) is 3.70. The van der Waals surface area contributed by atoms with Gasteiger partial charge in [0, 0.05) is 17.3 Å². The fourth-order valence-corrected chi connectivity index (χ4v) is 4.00. The van der Waals surface area contributed by atoms with Gasteiger partial charge in [-0.1, -0.05) is 47.5 Å². The number of amides is 1. The minimum absolute atomic E-state index is 0.0676. The Balaban J connectivity index is 1.87. The predicted octanol–water partition coefficient (Wildman–Crippen LogP) is 5.02. The van der Waals surface area contributed by atoms with Crippen LogP contribution in [-0.2, 0) is 16.1 Å². The standard InChI is InChI=1S/C24H18Cl2N2O4/c1-32-19-8-3-2-6-15(19)13-28-21(18-7-4-5-11-27-18)20(23(30)24(28)31)22(29)14-9-10-16(25)17(26)12-14/h2-12,21,29H,13H2,1H3/b22-20-. The van der Waals surface area contributed by atoms with E-state index in [9.17, 15) is 14.7 Å². The van der Waals surface area contributed by atoms with Crippen LogP contribution in [0.3, 0.4) is 0 Å². The van der Waals surface area contributed by atoms with Crippen LogP contribution in [0.15, 0.2) is 72.4 Å². The molecule has 0 spiro atoms. The minimum Gasteiger partial charge on any atom is -0.507 e. The molecule has 4 rings (SSSR count). The van der Waals surface area contributed by atoms with Crippen molar-refractivity contribution in [1.29, 1.82) is 0 Å². The number of para-hydroxylation sites is 1. The van der Waals surface area contributed by atoms with Crippen molar-refractivity contribution in [2.45, 2.75) is 12.6 Å². The fraction of sp³-hybridized carbons (Fsp3) is 0.125. The highest BCUT2D eigenvalue weighted by atomic mass is 35.5. The van der Waals surface area contributed by atoms with Gasteiger partial charge in [-0.2, -0.15) is 0 Å². The van der Waals surface area contributed by atoms with Gasteiger partial charge in [-0.05, 0) is 36.4 Å². The van der Waals surface area contributed by atoms with Crippen LogP contribution in [0.25, 0.3) is 5.76 Å². The number of aliphatic hydroxyl groups excluding tert-OH is 1. The van der Waals surface area contributed by atoms with Crippen LogP contribution in [0.2, 0.25) is 10.0 Å². The molecule has 2 heterocycles. The number of rotatable bonds is 5. The molecule has 0 saturated carbocycles. The summed E-state index contributed by atoms with van der Waals surface area (Å²) in [6.07, 6.45) is 1.57. The number of Topliss-reactive ketones (excluding diaryl/α,β-unsaturated/α-hetero) is 1.